The van der Waals surface area contributed by atoms with Gasteiger partial charge in [0.05, 0.1) is 12.8 Å². The van der Waals surface area contributed by atoms with Gasteiger partial charge < -0.3 is 9.73 Å². The normalized spacial score (nSPS) is 17.4. The van der Waals surface area contributed by atoms with E-state index >= 15 is 0 Å². The Balaban J connectivity index is 1.77. The van der Waals surface area contributed by atoms with Gasteiger partial charge in [0.2, 0.25) is 0 Å². The van der Waals surface area contributed by atoms with Gasteiger partial charge in [-0.2, -0.15) is 0 Å². The van der Waals surface area contributed by atoms with Gasteiger partial charge in [0.1, 0.15) is 5.76 Å². The summed E-state index contributed by atoms with van der Waals surface area (Å²) in [6.45, 7) is 5.28. The van der Waals surface area contributed by atoms with Crippen LogP contribution in [0.15, 0.2) is 34.3 Å². The number of furan rings is 1. The van der Waals surface area contributed by atoms with Crippen molar-refractivity contribution in [1.29, 1.82) is 0 Å². The minimum absolute atomic E-state index is 0.919. The number of hydrogen-bond donors (Lipinski definition) is 1. The monoisotopic (exact) mass is 248 g/mol. The van der Waals surface area contributed by atoms with Crippen LogP contribution in [0.1, 0.15) is 5.76 Å². The summed E-state index contributed by atoms with van der Waals surface area (Å²) in [5.41, 5.74) is 1.25. The molecular formula is C13H16N2OS. The van der Waals surface area contributed by atoms with Crippen molar-refractivity contribution in [3.05, 3.63) is 35.6 Å². The predicted octanol–water partition coefficient (Wildman–Crippen LogP) is 2.41. The van der Waals surface area contributed by atoms with Crippen LogP contribution in [0.4, 0.5) is 0 Å². The molecule has 17 heavy (non-hydrogen) atoms. The molecule has 0 spiro atoms. The van der Waals surface area contributed by atoms with E-state index in [2.05, 4.69) is 33.8 Å². The summed E-state index contributed by atoms with van der Waals surface area (Å²) in [7, 11) is 0. The van der Waals surface area contributed by atoms with Crippen LogP contribution < -0.4 is 5.32 Å². The summed E-state index contributed by atoms with van der Waals surface area (Å²) in [6, 6.07) is 6.31. The molecule has 0 aromatic carbocycles. The van der Waals surface area contributed by atoms with Crippen LogP contribution in [0.2, 0.25) is 0 Å². The Morgan fingerprint density at radius 3 is 2.94 bits per heavy atom. The molecule has 90 valence electrons. The molecule has 0 aliphatic carbocycles. The lowest BCUT2D eigenvalue weighted by atomic mass is 10.2. The summed E-state index contributed by atoms with van der Waals surface area (Å²) in [4.78, 5) is 3.73. The maximum atomic E-state index is 5.64. The van der Waals surface area contributed by atoms with Crippen LogP contribution >= 0.6 is 11.3 Å². The van der Waals surface area contributed by atoms with Crippen molar-refractivity contribution in [3.63, 3.8) is 0 Å². The van der Waals surface area contributed by atoms with Crippen molar-refractivity contribution in [1.82, 2.24) is 10.2 Å². The van der Waals surface area contributed by atoms with E-state index in [1.807, 2.05) is 0 Å². The van der Waals surface area contributed by atoms with Crippen LogP contribution in [0.5, 0.6) is 0 Å². The summed E-state index contributed by atoms with van der Waals surface area (Å²) in [6.07, 6.45) is 1.80. The molecule has 0 radical (unpaired) electrons. The first kappa shape index (κ1) is 11.0. The maximum absolute atomic E-state index is 5.64. The predicted molar refractivity (Wildman–Crippen MR) is 70.2 cm³/mol. The first-order valence-electron chi connectivity index (χ1n) is 5.97. The summed E-state index contributed by atoms with van der Waals surface area (Å²) in [5, 5.41) is 5.47. The standard InChI is InChI=1S/C13H16N2OS/c1-2-13(17-9-1)11-3-8-16-12(11)10-15-6-4-14-5-7-15/h1-3,8-9,14H,4-7,10H2. The van der Waals surface area contributed by atoms with Crippen molar-refractivity contribution < 1.29 is 4.42 Å². The van der Waals surface area contributed by atoms with E-state index in [9.17, 15) is 0 Å². The fourth-order valence-electron chi connectivity index (χ4n) is 2.19. The van der Waals surface area contributed by atoms with E-state index in [4.69, 9.17) is 4.42 Å². The topological polar surface area (TPSA) is 28.4 Å². The zero-order valence-corrected chi connectivity index (χ0v) is 10.5. The fraction of sp³-hybridized carbons (Fsp3) is 0.385. The zero-order chi connectivity index (χ0) is 11.5. The number of hydrogen-bond acceptors (Lipinski definition) is 4. The highest BCUT2D eigenvalue weighted by Crippen LogP contribution is 2.29. The quantitative estimate of drug-likeness (QED) is 0.904. The van der Waals surface area contributed by atoms with Crippen molar-refractivity contribution >= 4 is 11.3 Å². The molecule has 1 aliphatic heterocycles. The van der Waals surface area contributed by atoms with Crippen molar-refractivity contribution in [2.45, 2.75) is 6.54 Å². The number of piperazine rings is 1. The number of thiophene rings is 1. The third-order valence-corrected chi connectivity index (χ3v) is 4.01. The van der Waals surface area contributed by atoms with Gasteiger partial charge in [-0.15, -0.1) is 11.3 Å². The Morgan fingerprint density at radius 1 is 1.29 bits per heavy atom. The average Bonchev–Trinajstić information content (AvgIpc) is 3.00. The number of nitrogens with one attached hydrogen (secondary N) is 1. The third-order valence-electron chi connectivity index (χ3n) is 3.11. The van der Waals surface area contributed by atoms with Crippen LogP contribution in [0.25, 0.3) is 10.4 Å². The molecule has 1 fully saturated rings. The van der Waals surface area contributed by atoms with Gasteiger partial charge in [-0.1, -0.05) is 6.07 Å². The zero-order valence-electron chi connectivity index (χ0n) is 9.69. The molecular weight excluding hydrogens is 232 g/mol. The van der Waals surface area contributed by atoms with E-state index in [0.29, 0.717) is 0 Å². The first-order valence-corrected chi connectivity index (χ1v) is 6.85. The van der Waals surface area contributed by atoms with Crippen LogP contribution in [0, 0.1) is 0 Å². The lowest BCUT2D eigenvalue weighted by molar-refractivity contribution is 0.217. The van der Waals surface area contributed by atoms with E-state index in [1.165, 1.54) is 10.4 Å². The average molecular weight is 248 g/mol. The van der Waals surface area contributed by atoms with E-state index < -0.39 is 0 Å². The number of rotatable bonds is 3. The van der Waals surface area contributed by atoms with Crippen LogP contribution in [-0.2, 0) is 6.54 Å². The highest BCUT2D eigenvalue weighted by atomic mass is 32.1. The summed E-state index contributed by atoms with van der Waals surface area (Å²) >= 11 is 1.77. The second-order valence-electron chi connectivity index (χ2n) is 4.26. The SMILES string of the molecule is c1csc(-c2ccoc2CN2CCNCC2)c1. The smallest absolute Gasteiger partial charge is 0.126 e. The Bertz CT molecular complexity index is 457. The molecule has 1 N–H and O–H groups in total. The molecule has 2 aromatic rings. The molecule has 3 rings (SSSR count). The van der Waals surface area contributed by atoms with Crippen LogP contribution in [-0.4, -0.2) is 31.1 Å². The minimum atomic E-state index is 0.919. The largest absolute Gasteiger partial charge is 0.467 e. The molecule has 4 heteroatoms. The van der Waals surface area contributed by atoms with Gasteiger partial charge in [-0.25, -0.2) is 0 Å². The maximum Gasteiger partial charge on any atom is 0.126 e. The molecule has 1 saturated heterocycles. The van der Waals surface area contributed by atoms with Crippen molar-refractivity contribution in [2.24, 2.45) is 0 Å². The van der Waals surface area contributed by atoms with Gasteiger partial charge in [0, 0.05) is 36.6 Å². The van der Waals surface area contributed by atoms with Gasteiger partial charge >= 0.3 is 0 Å². The minimum Gasteiger partial charge on any atom is -0.467 e. The molecule has 0 unspecified atom stereocenters. The highest BCUT2D eigenvalue weighted by molar-refractivity contribution is 7.13. The first-order chi connectivity index (χ1) is 8.43. The van der Waals surface area contributed by atoms with E-state index in [1.54, 1.807) is 17.6 Å². The van der Waals surface area contributed by atoms with Crippen LogP contribution in [0.3, 0.4) is 0 Å². The summed E-state index contributed by atoms with van der Waals surface area (Å²) in [5.74, 6) is 1.09. The Morgan fingerprint density at radius 2 is 2.18 bits per heavy atom. The molecule has 1 aliphatic rings. The van der Waals surface area contributed by atoms with E-state index in [-0.39, 0.29) is 0 Å². The summed E-state index contributed by atoms with van der Waals surface area (Å²) < 4.78 is 5.64. The van der Waals surface area contributed by atoms with Gasteiger partial charge in [-0.3, -0.25) is 4.90 Å². The highest BCUT2D eigenvalue weighted by Gasteiger charge is 2.15. The van der Waals surface area contributed by atoms with Gasteiger partial charge in [-0.05, 0) is 17.5 Å². The lowest BCUT2D eigenvalue weighted by Gasteiger charge is -2.26. The van der Waals surface area contributed by atoms with E-state index in [0.717, 1.165) is 38.5 Å². The molecule has 0 saturated carbocycles. The lowest BCUT2D eigenvalue weighted by Crippen LogP contribution is -2.42. The van der Waals surface area contributed by atoms with Crippen molar-refractivity contribution in [2.75, 3.05) is 26.2 Å². The molecule has 2 aromatic heterocycles. The molecule has 0 bridgehead atoms. The third kappa shape index (κ3) is 2.44. The van der Waals surface area contributed by atoms with Gasteiger partial charge in [0.25, 0.3) is 0 Å². The van der Waals surface area contributed by atoms with Gasteiger partial charge in [0.15, 0.2) is 0 Å². The Hall–Kier alpha value is -1.10. The number of nitrogens with zero attached hydrogens (tertiary/aromatic N) is 1. The second kappa shape index (κ2) is 5.04. The Kier molecular flexibility index (Phi) is 3.27. The molecule has 0 amide bonds. The Labute approximate surface area is 105 Å². The second-order valence-corrected chi connectivity index (χ2v) is 5.21. The molecule has 3 nitrogen and oxygen atoms in total. The molecule has 3 heterocycles. The van der Waals surface area contributed by atoms with Crippen molar-refractivity contribution in [3.8, 4) is 10.4 Å². The fourth-order valence-corrected chi connectivity index (χ4v) is 2.96. The molecule has 0 atom stereocenters.